The number of aromatic nitrogens is 3. The lowest BCUT2D eigenvalue weighted by atomic mass is 9.93. The highest BCUT2D eigenvalue weighted by atomic mass is 16.5. The topological polar surface area (TPSA) is 124 Å². The number of amides is 1. The maximum absolute atomic E-state index is 13.0. The van der Waals surface area contributed by atoms with Crippen molar-refractivity contribution in [3.05, 3.63) is 30.2 Å². The van der Waals surface area contributed by atoms with Crippen LogP contribution >= 0.6 is 0 Å². The molecule has 4 heterocycles. The van der Waals surface area contributed by atoms with E-state index < -0.39 is 0 Å². The van der Waals surface area contributed by atoms with Gasteiger partial charge in [-0.05, 0) is 37.8 Å². The van der Waals surface area contributed by atoms with Crippen molar-refractivity contribution in [2.75, 3.05) is 48.4 Å². The Morgan fingerprint density at radius 1 is 1.23 bits per heavy atom. The minimum absolute atomic E-state index is 0.0946. The van der Waals surface area contributed by atoms with Crippen molar-refractivity contribution < 1.29 is 19.1 Å². The van der Waals surface area contributed by atoms with Gasteiger partial charge in [0.1, 0.15) is 30.1 Å². The fourth-order valence-electron chi connectivity index (χ4n) is 3.96. The molecule has 0 saturated carbocycles. The van der Waals surface area contributed by atoms with Gasteiger partial charge in [0.2, 0.25) is 5.88 Å². The summed E-state index contributed by atoms with van der Waals surface area (Å²) >= 11 is 0. The molecule has 10 heteroatoms. The van der Waals surface area contributed by atoms with Crippen LogP contribution in [0.1, 0.15) is 36.5 Å². The van der Waals surface area contributed by atoms with Gasteiger partial charge in [0.25, 0.3) is 5.91 Å². The minimum Gasteiger partial charge on any atom is -0.475 e. The lowest BCUT2D eigenvalue weighted by Crippen LogP contribution is -2.35. The fraction of sp³-hybridized carbons (Fsp3) is 0.476. The third-order valence-electron chi connectivity index (χ3n) is 5.60. The number of piperidine rings is 1. The Labute approximate surface area is 180 Å². The normalized spacial score (nSPS) is 17.0. The van der Waals surface area contributed by atoms with Gasteiger partial charge >= 0.3 is 5.97 Å². The molecule has 0 radical (unpaired) electrons. The first-order chi connectivity index (χ1) is 15.1. The first kappa shape index (κ1) is 20.8. The Morgan fingerprint density at radius 3 is 2.74 bits per heavy atom. The highest BCUT2D eigenvalue weighted by Crippen LogP contribution is 2.29. The van der Waals surface area contributed by atoms with E-state index in [1.54, 1.807) is 11.1 Å². The number of rotatable bonds is 5. The molecule has 1 saturated heterocycles. The predicted molar refractivity (Wildman–Crippen MR) is 114 cm³/mol. The van der Waals surface area contributed by atoms with Crippen LogP contribution in [-0.4, -0.2) is 59.7 Å². The molecule has 0 bridgehead atoms. The number of hydrogen-bond acceptors (Lipinski definition) is 9. The van der Waals surface area contributed by atoms with E-state index in [-0.39, 0.29) is 29.1 Å². The molecular formula is C21H26N6O4. The Hall–Kier alpha value is -3.43. The molecule has 2 N–H and O–H groups in total. The Bertz CT molecular complexity index is 943. The van der Waals surface area contributed by atoms with Crippen LogP contribution in [0.3, 0.4) is 0 Å². The Kier molecular flexibility index (Phi) is 6.15. The number of fused-ring (bicyclic) bond motifs is 1. The SMILES string of the molecule is CCOC(=O)CC1CCN(c2ccc(N3CCOc4ncnc(N)c4C3=O)cn2)CC1. The maximum Gasteiger partial charge on any atom is 0.306 e. The molecular weight excluding hydrogens is 400 g/mol. The van der Waals surface area contributed by atoms with E-state index >= 15 is 0 Å². The van der Waals surface area contributed by atoms with E-state index in [2.05, 4.69) is 19.9 Å². The second-order valence-corrected chi connectivity index (χ2v) is 7.56. The van der Waals surface area contributed by atoms with Gasteiger partial charge < -0.3 is 25.0 Å². The first-order valence-corrected chi connectivity index (χ1v) is 10.5. The second kappa shape index (κ2) is 9.15. The quantitative estimate of drug-likeness (QED) is 0.711. The van der Waals surface area contributed by atoms with Crippen molar-refractivity contribution in [1.82, 2.24) is 15.0 Å². The third-order valence-corrected chi connectivity index (χ3v) is 5.60. The molecule has 2 aromatic rings. The number of anilines is 3. The number of nitrogens with two attached hydrogens (primary N) is 1. The van der Waals surface area contributed by atoms with E-state index in [0.717, 1.165) is 31.7 Å². The van der Waals surface area contributed by atoms with Crippen LogP contribution in [0.4, 0.5) is 17.3 Å². The molecule has 4 rings (SSSR count). The average molecular weight is 426 g/mol. The number of nitrogens with zero attached hydrogens (tertiary/aromatic N) is 5. The molecule has 10 nitrogen and oxygen atoms in total. The van der Waals surface area contributed by atoms with Crippen LogP contribution in [0.15, 0.2) is 24.7 Å². The molecule has 2 aromatic heterocycles. The summed E-state index contributed by atoms with van der Waals surface area (Å²) in [5, 5.41) is 0. The third kappa shape index (κ3) is 4.52. The van der Waals surface area contributed by atoms with Crippen molar-refractivity contribution >= 4 is 29.2 Å². The van der Waals surface area contributed by atoms with E-state index in [1.807, 2.05) is 19.1 Å². The highest BCUT2D eigenvalue weighted by molar-refractivity contribution is 6.10. The summed E-state index contributed by atoms with van der Waals surface area (Å²) in [6.07, 6.45) is 5.27. The van der Waals surface area contributed by atoms with E-state index in [1.165, 1.54) is 6.33 Å². The van der Waals surface area contributed by atoms with Crippen molar-refractivity contribution in [3.63, 3.8) is 0 Å². The van der Waals surface area contributed by atoms with Gasteiger partial charge in [-0.2, -0.15) is 0 Å². The molecule has 1 amide bonds. The summed E-state index contributed by atoms with van der Waals surface area (Å²) in [6.45, 7) is 4.55. The van der Waals surface area contributed by atoms with Crippen LogP contribution in [0.5, 0.6) is 5.88 Å². The van der Waals surface area contributed by atoms with E-state index in [0.29, 0.717) is 37.8 Å². The van der Waals surface area contributed by atoms with Gasteiger partial charge in [0.15, 0.2) is 0 Å². The lowest BCUT2D eigenvalue weighted by molar-refractivity contribution is -0.144. The highest BCUT2D eigenvalue weighted by Gasteiger charge is 2.29. The van der Waals surface area contributed by atoms with Crippen LogP contribution in [-0.2, 0) is 9.53 Å². The number of carbonyl (C=O) groups is 2. The summed E-state index contributed by atoms with van der Waals surface area (Å²) in [7, 11) is 0. The molecule has 0 aromatic carbocycles. The molecule has 164 valence electrons. The van der Waals surface area contributed by atoms with Gasteiger partial charge in [0, 0.05) is 19.5 Å². The van der Waals surface area contributed by atoms with Crippen LogP contribution in [0.25, 0.3) is 0 Å². The van der Waals surface area contributed by atoms with E-state index in [4.69, 9.17) is 15.2 Å². The van der Waals surface area contributed by atoms with Crippen LogP contribution in [0.2, 0.25) is 0 Å². The number of hydrogen-bond donors (Lipinski definition) is 1. The standard InChI is InChI=1S/C21H26N6O4/c1-2-30-17(28)11-14-5-7-26(8-6-14)16-4-3-15(12-23-16)27-9-10-31-20-18(21(27)29)19(22)24-13-25-20/h3-4,12-14H,2,5-11H2,1H3,(H2,22,24,25). The Balaban J connectivity index is 1.41. The maximum atomic E-state index is 13.0. The summed E-state index contributed by atoms with van der Waals surface area (Å²) in [4.78, 5) is 41.0. The molecule has 0 unspecified atom stereocenters. The fourth-order valence-corrected chi connectivity index (χ4v) is 3.96. The van der Waals surface area contributed by atoms with Gasteiger partial charge in [-0.15, -0.1) is 0 Å². The summed E-state index contributed by atoms with van der Waals surface area (Å²) < 4.78 is 10.6. The van der Waals surface area contributed by atoms with Gasteiger partial charge in [-0.1, -0.05) is 0 Å². The largest absolute Gasteiger partial charge is 0.475 e. The number of carbonyl (C=O) groups excluding carboxylic acids is 2. The second-order valence-electron chi connectivity index (χ2n) is 7.56. The Morgan fingerprint density at radius 2 is 2.03 bits per heavy atom. The van der Waals surface area contributed by atoms with Gasteiger partial charge in [-0.25, -0.2) is 15.0 Å². The van der Waals surface area contributed by atoms with Crippen molar-refractivity contribution in [1.29, 1.82) is 0 Å². The molecule has 0 aliphatic carbocycles. The van der Waals surface area contributed by atoms with Gasteiger partial charge in [0.05, 0.1) is 25.0 Å². The number of esters is 1. The van der Waals surface area contributed by atoms with Crippen molar-refractivity contribution in [2.45, 2.75) is 26.2 Å². The monoisotopic (exact) mass is 426 g/mol. The molecule has 31 heavy (non-hydrogen) atoms. The number of pyridine rings is 1. The predicted octanol–water partition coefficient (Wildman–Crippen LogP) is 1.66. The summed E-state index contributed by atoms with van der Waals surface area (Å²) in [5.41, 5.74) is 6.72. The van der Waals surface area contributed by atoms with Crippen LogP contribution in [0, 0.1) is 5.92 Å². The molecule has 2 aliphatic heterocycles. The van der Waals surface area contributed by atoms with Crippen molar-refractivity contribution in [2.24, 2.45) is 5.92 Å². The zero-order chi connectivity index (χ0) is 21.8. The lowest BCUT2D eigenvalue weighted by Gasteiger charge is -2.32. The molecule has 0 spiro atoms. The van der Waals surface area contributed by atoms with Crippen molar-refractivity contribution in [3.8, 4) is 5.88 Å². The first-order valence-electron chi connectivity index (χ1n) is 10.5. The van der Waals surface area contributed by atoms with Gasteiger partial charge in [-0.3, -0.25) is 9.59 Å². The summed E-state index contributed by atoms with van der Waals surface area (Å²) in [6, 6.07) is 3.78. The zero-order valence-corrected chi connectivity index (χ0v) is 17.5. The average Bonchev–Trinajstić information content (AvgIpc) is 2.94. The zero-order valence-electron chi connectivity index (χ0n) is 17.5. The number of ether oxygens (including phenoxy) is 2. The van der Waals surface area contributed by atoms with Crippen LogP contribution < -0.4 is 20.3 Å². The van der Waals surface area contributed by atoms with E-state index in [9.17, 15) is 9.59 Å². The molecule has 1 fully saturated rings. The number of nitrogen functional groups attached to an aromatic ring is 1. The molecule has 0 atom stereocenters. The minimum atomic E-state index is -0.306. The smallest absolute Gasteiger partial charge is 0.306 e. The molecule has 2 aliphatic rings. The summed E-state index contributed by atoms with van der Waals surface area (Å²) in [5.74, 6) is 1.06.